The molecule has 2 heterocycles. The molecule has 0 spiro atoms. The molecule has 19 heavy (non-hydrogen) atoms. The number of fused-ring (bicyclic) bond motifs is 1. The number of carboxylic acid groups (broad SMARTS) is 1. The molecule has 0 fully saturated rings. The van der Waals surface area contributed by atoms with Crippen molar-refractivity contribution in [2.45, 2.75) is 26.8 Å². The van der Waals surface area contributed by atoms with Crippen molar-refractivity contribution in [1.29, 1.82) is 0 Å². The molecule has 0 unspecified atom stereocenters. The number of pyridine rings is 2. The lowest BCUT2D eigenvalue weighted by molar-refractivity contribution is 0.0691. The highest BCUT2D eigenvalue weighted by Gasteiger charge is 2.17. The zero-order chi connectivity index (χ0) is 14.0. The number of hydrogen-bond acceptors (Lipinski definition) is 4. The largest absolute Gasteiger partial charge is 0.477 e. The van der Waals surface area contributed by atoms with Crippen molar-refractivity contribution in [1.82, 2.24) is 9.97 Å². The van der Waals surface area contributed by atoms with Crippen LogP contribution < -0.4 is 4.90 Å². The number of nitrogens with zero attached hydrogens (tertiary/aromatic N) is 3. The fraction of sp³-hybridized carbons (Fsp3) is 0.357. The van der Waals surface area contributed by atoms with Crippen molar-refractivity contribution < 1.29 is 9.90 Å². The fourth-order valence-corrected chi connectivity index (χ4v) is 2.16. The molecule has 0 bridgehead atoms. The quantitative estimate of drug-likeness (QED) is 0.914. The summed E-state index contributed by atoms with van der Waals surface area (Å²) in [7, 11) is 0. The third kappa shape index (κ3) is 2.50. The Morgan fingerprint density at radius 1 is 1.47 bits per heavy atom. The molecule has 5 heteroatoms. The van der Waals surface area contributed by atoms with Gasteiger partial charge in [0.05, 0.1) is 0 Å². The van der Waals surface area contributed by atoms with Gasteiger partial charge in [-0.05, 0) is 38.3 Å². The van der Waals surface area contributed by atoms with Crippen LogP contribution in [0.1, 0.15) is 31.3 Å². The van der Waals surface area contributed by atoms with Gasteiger partial charge in [-0.1, -0.05) is 0 Å². The SMILES string of the molecule is CCN(c1nc(C(=O)O)cc2ccncc12)C(C)C. The Balaban J connectivity index is 2.72. The van der Waals surface area contributed by atoms with Crippen molar-refractivity contribution >= 4 is 22.6 Å². The average Bonchev–Trinajstić information content (AvgIpc) is 2.38. The van der Waals surface area contributed by atoms with Crippen molar-refractivity contribution in [3.8, 4) is 0 Å². The van der Waals surface area contributed by atoms with Gasteiger partial charge in [-0.25, -0.2) is 9.78 Å². The van der Waals surface area contributed by atoms with Crippen LogP contribution in [-0.4, -0.2) is 33.6 Å². The Morgan fingerprint density at radius 2 is 2.21 bits per heavy atom. The first-order valence-electron chi connectivity index (χ1n) is 6.29. The van der Waals surface area contributed by atoms with E-state index >= 15 is 0 Å². The van der Waals surface area contributed by atoms with Gasteiger partial charge < -0.3 is 10.0 Å². The summed E-state index contributed by atoms with van der Waals surface area (Å²) in [6, 6.07) is 3.63. The molecule has 2 aromatic rings. The number of hydrogen-bond donors (Lipinski definition) is 1. The summed E-state index contributed by atoms with van der Waals surface area (Å²) in [4.78, 5) is 21.6. The topological polar surface area (TPSA) is 66.3 Å². The van der Waals surface area contributed by atoms with E-state index < -0.39 is 5.97 Å². The van der Waals surface area contributed by atoms with Crippen LogP contribution in [0.2, 0.25) is 0 Å². The van der Waals surface area contributed by atoms with Crippen molar-refractivity contribution in [2.75, 3.05) is 11.4 Å². The molecule has 1 N–H and O–H groups in total. The minimum Gasteiger partial charge on any atom is -0.477 e. The Kier molecular flexibility index (Phi) is 3.64. The highest BCUT2D eigenvalue weighted by Crippen LogP contribution is 2.26. The lowest BCUT2D eigenvalue weighted by Gasteiger charge is -2.27. The van der Waals surface area contributed by atoms with E-state index in [9.17, 15) is 4.79 Å². The molecule has 100 valence electrons. The van der Waals surface area contributed by atoms with Crippen molar-refractivity contribution in [3.05, 3.63) is 30.2 Å². The van der Waals surface area contributed by atoms with E-state index in [0.717, 1.165) is 17.3 Å². The molecule has 0 saturated carbocycles. The summed E-state index contributed by atoms with van der Waals surface area (Å²) in [6.07, 6.45) is 3.39. The highest BCUT2D eigenvalue weighted by atomic mass is 16.4. The van der Waals surface area contributed by atoms with Crippen LogP contribution in [0.15, 0.2) is 24.5 Å². The minimum absolute atomic E-state index is 0.0628. The van der Waals surface area contributed by atoms with Crippen LogP contribution in [0.5, 0.6) is 0 Å². The third-order valence-electron chi connectivity index (χ3n) is 3.07. The monoisotopic (exact) mass is 259 g/mol. The van der Waals surface area contributed by atoms with Gasteiger partial charge in [0.15, 0.2) is 5.69 Å². The molecular weight excluding hydrogens is 242 g/mol. The lowest BCUT2D eigenvalue weighted by Crippen LogP contribution is -2.31. The summed E-state index contributed by atoms with van der Waals surface area (Å²) in [5, 5.41) is 10.9. The van der Waals surface area contributed by atoms with E-state index in [1.165, 1.54) is 0 Å². The maximum atomic E-state index is 11.2. The normalized spacial score (nSPS) is 10.9. The number of carboxylic acids is 1. The summed E-state index contributed by atoms with van der Waals surface area (Å²) in [5.41, 5.74) is 0.0628. The van der Waals surface area contributed by atoms with E-state index in [1.54, 1.807) is 24.5 Å². The first-order chi connectivity index (χ1) is 9.04. The van der Waals surface area contributed by atoms with Crippen LogP contribution in [-0.2, 0) is 0 Å². The predicted octanol–water partition coefficient (Wildman–Crippen LogP) is 2.56. The molecule has 0 aromatic carbocycles. The smallest absolute Gasteiger partial charge is 0.354 e. The van der Waals surface area contributed by atoms with E-state index in [0.29, 0.717) is 5.82 Å². The lowest BCUT2D eigenvalue weighted by atomic mass is 10.1. The van der Waals surface area contributed by atoms with Gasteiger partial charge in [0, 0.05) is 30.4 Å². The molecule has 5 nitrogen and oxygen atoms in total. The van der Waals surface area contributed by atoms with Gasteiger partial charge in [-0.15, -0.1) is 0 Å². The van der Waals surface area contributed by atoms with Gasteiger partial charge in [0.2, 0.25) is 0 Å². The maximum absolute atomic E-state index is 11.2. The Morgan fingerprint density at radius 3 is 2.79 bits per heavy atom. The third-order valence-corrected chi connectivity index (χ3v) is 3.07. The zero-order valence-corrected chi connectivity index (χ0v) is 11.3. The Hall–Kier alpha value is -2.17. The van der Waals surface area contributed by atoms with Crippen LogP contribution in [0.3, 0.4) is 0 Å². The number of rotatable bonds is 4. The van der Waals surface area contributed by atoms with Gasteiger partial charge in [-0.2, -0.15) is 0 Å². The number of aromatic nitrogens is 2. The second kappa shape index (κ2) is 5.22. The second-order valence-electron chi connectivity index (χ2n) is 4.61. The molecule has 2 aromatic heterocycles. The van der Waals surface area contributed by atoms with Crippen LogP contribution in [0, 0.1) is 0 Å². The second-order valence-corrected chi connectivity index (χ2v) is 4.61. The van der Waals surface area contributed by atoms with Crippen molar-refractivity contribution in [3.63, 3.8) is 0 Å². The zero-order valence-electron chi connectivity index (χ0n) is 11.3. The standard InChI is InChI=1S/C14H17N3O2/c1-4-17(9(2)3)13-11-8-15-6-5-10(11)7-12(16-13)14(18)19/h5-9H,4H2,1-3H3,(H,18,19). The maximum Gasteiger partial charge on any atom is 0.354 e. The van der Waals surface area contributed by atoms with E-state index in [2.05, 4.69) is 28.7 Å². The van der Waals surface area contributed by atoms with E-state index in [1.807, 2.05) is 6.92 Å². The van der Waals surface area contributed by atoms with Gasteiger partial charge in [0.25, 0.3) is 0 Å². The summed E-state index contributed by atoms with van der Waals surface area (Å²) in [5.74, 6) is -0.333. The molecule has 0 aliphatic carbocycles. The van der Waals surface area contributed by atoms with E-state index in [4.69, 9.17) is 5.11 Å². The molecule has 2 rings (SSSR count). The Bertz CT molecular complexity index is 611. The number of anilines is 1. The summed E-state index contributed by atoms with van der Waals surface area (Å²) >= 11 is 0. The predicted molar refractivity (Wildman–Crippen MR) is 74.7 cm³/mol. The van der Waals surface area contributed by atoms with Crippen LogP contribution in [0.4, 0.5) is 5.82 Å². The van der Waals surface area contributed by atoms with Crippen LogP contribution >= 0.6 is 0 Å². The fourth-order valence-electron chi connectivity index (χ4n) is 2.16. The first-order valence-corrected chi connectivity index (χ1v) is 6.29. The molecule has 0 atom stereocenters. The van der Waals surface area contributed by atoms with Gasteiger partial charge in [-0.3, -0.25) is 4.98 Å². The molecule has 0 amide bonds. The molecule has 0 radical (unpaired) electrons. The molecular formula is C14H17N3O2. The molecule has 0 saturated heterocycles. The van der Waals surface area contributed by atoms with Gasteiger partial charge >= 0.3 is 5.97 Å². The highest BCUT2D eigenvalue weighted by molar-refractivity contribution is 5.97. The first kappa shape index (κ1) is 13.3. The van der Waals surface area contributed by atoms with Gasteiger partial charge in [0.1, 0.15) is 5.82 Å². The Labute approximate surface area is 111 Å². The summed E-state index contributed by atoms with van der Waals surface area (Å²) < 4.78 is 0. The van der Waals surface area contributed by atoms with E-state index in [-0.39, 0.29) is 11.7 Å². The number of carbonyl (C=O) groups is 1. The minimum atomic E-state index is -1.01. The summed E-state index contributed by atoms with van der Waals surface area (Å²) in [6.45, 7) is 6.90. The number of aromatic carboxylic acids is 1. The molecule has 0 aliphatic heterocycles. The van der Waals surface area contributed by atoms with Crippen LogP contribution in [0.25, 0.3) is 10.8 Å². The average molecular weight is 259 g/mol. The van der Waals surface area contributed by atoms with Crippen molar-refractivity contribution in [2.24, 2.45) is 0 Å². The molecule has 0 aliphatic rings.